The van der Waals surface area contributed by atoms with E-state index in [0.29, 0.717) is 0 Å². The molecule has 0 aliphatic carbocycles. The Hall–Kier alpha value is -3.81. The fourth-order valence-corrected chi connectivity index (χ4v) is 3.50. The van der Waals surface area contributed by atoms with E-state index in [-0.39, 0.29) is 30.0 Å². The molecule has 1 atom stereocenters. The van der Waals surface area contributed by atoms with Crippen LogP contribution in [0.4, 0.5) is 23.7 Å². The van der Waals surface area contributed by atoms with E-state index in [1.165, 1.54) is 37.3 Å². The molecule has 34 heavy (non-hydrogen) atoms. The van der Waals surface area contributed by atoms with Crippen LogP contribution in [-0.4, -0.2) is 24.7 Å². The lowest BCUT2D eigenvalue weighted by Gasteiger charge is -2.29. The van der Waals surface area contributed by atoms with E-state index in [0.717, 1.165) is 16.5 Å². The van der Waals surface area contributed by atoms with Gasteiger partial charge < -0.3 is 9.47 Å². The summed E-state index contributed by atoms with van der Waals surface area (Å²) in [4.78, 5) is 26.8. The maximum absolute atomic E-state index is 13.7. The van der Waals surface area contributed by atoms with E-state index in [1.54, 1.807) is 43.3 Å². The Morgan fingerprint density at radius 2 is 1.44 bits per heavy atom. The number of rotatable bonds is 7. The van der Waals surface area contributed by atoms with Gasteiger partial charge in [-0.1, -0.05) is 66.7 Å². The average molecular weight is 471 g/mol. The highest BCUT2D eigenvalue weighted by molar-refractivity contribution is 5.99. The van der Waals surface area contributed by atoms with Crippen molar-refractivity contribution in [1.29, 1.82) is 0 Å². The molecule has 0 heterocycles. The SMILES string of the molecule is CCOC(=O)[C@H](C)N(C(=O)OCc1ccccc1)c1ccccc1-c1ccccc1C(F)(F)F. The molecule has 178 valence electrons. The smallest absolute Gasteiger partial charge is 0.417 e. The first-order valence-corrected chi connectivity index (χ1v) is 10.7. The third kappa shape index (κ3) is 5.75. The largest absolute Gasteiger partial charge is 0.464 e. The van der Waals surface area contributed by atoms with Crippen LogP contribution in [0, 0.1) is 0 Å². The third-order valence-electron chi connectivity index (χ3n) is 5.10. The van der Waals surface area contributed by atoms with Gasteiger partial charge in [-0.2, -0.15) is 13.2 Å². The lowest BCUT2D eigenvalue weighted by Crippen LogP contribution is -2.45. The molecule has 0 N–H and O–H groups in total. The second-order valence-electron chi connectivity index (χ2n) is 7.40. The monoisotopic (exact) mass is 471 g/mol. The molecular formula is C26H24F3NO4. The molecule has 0 bridgehead atoms. The Kier molecular flexibility index (Phi) is 7.94. The first kappa shape index (κ1) is 24.8. The first-order chi connectivity index (χ1) is 16.2. The van der Waals surface area contributed by atoms with Gasteiger partial charge >= 0.3 is 18.2 Å². The second-order valence-corrected chi connectivity index (χ2v) is 7.40. The molecule has 0 aromatic heterocycles. The molecule has 0 radical (unpaired) electrons. The number of carbonyl (C=O) groups is 2. The molecule has 0 saturated heterocycles. The summed E-state index contributed by atoms with van der Waals surface area (Å²) in [6.07, 6.45) is -5.50. The number of hydrogen-bond acceptors (Lipinski definition) is 4. The normalized spacial score (nSPS) is 12.0. The van der Waals surface area contributed by atoms with E-state index >= 15 is 0 Å². The third-order valence-corrected chi connectivity index (χ3v) is 5.10. The van der Waals surface area contributed by atoms with E-state index < -0.39 is 29.8 Å². The Labute approximate surface area is 195 Å². The van der Waals surface area contributed by atoms with Crippen molar-refractivity contribution in [1.82, 2.24) is 0 Å². The van der Waals surface area contributed by atoms with E-state index in [9.17, 15) is 22.8 Å². The Morgan fingerprint density at radius 3 is 2.09 bits per heavy atom. The molecule has 3 aromatic rings. The predicted octanol–water partition coefficient (Wildman–Crippen LogP) is 6.47. The van der Waals surface area contributed by atoms with Gasteiger partial charge in [0.2, 0.25) is 0 Å². The van der Waals surface area contributed by atoms with Gasteiger partial charge in [0.1, 0.15) is 12.6 Å². The van der Waals surface area contributed by atoms with Crippen LogP contribution in [0.3, 0.4) is 0 Å². The zero-order chi connectivity index (χ0) is 24.7. The maximum atomic E-state index is 13.7. The summed E-state index contributed by atoms with van der Waals surface area (Å²) >= 11 is 0. The maximum Gasteiger partial charge on any atom is 0.417 e. The van der Waals surface area contributed by atoms with Crippen molar-refractivity contribution in [2.75, 3.05) is 11.5 Å². The number of esters is 1. The highest BCUT2D eigenvalue weighted by Crippen LogP contribution is 2.41. The zero-order valence-electron chi connectivity index (χ0n) is 18.7. The fourth-order valence-electron chi connectivity index (χ4n) is 3.50. The predicted molar refractivity (Wildman–Crippen MR) is 122 cm³/mol. The summed E-state index contributed by atoms with van der Waals surface area (Å²) in [5.74, 6) is -0.710. The number of benzene rings is 3. The zero-order valence-corrected chi connectivity index (χ0v) is 18.7. The summed E-state index contributed by atoms with van der Waals surface area (Å²) in [5, 5.41) is 0. The summed E-state index contributed by atoms with van der Waals surface area (Å²) in [6, 6.07) is 18.9. The van der Waals surface area contributed by atoms with Gasteiger partial charge in [-0.05, 0) is 37.1 Å². The Morgan fingerprint density at radius 1 is 0.853 bits per heavy atom. The quantitative estimate of drug-likeness (QED) is 0.371. The molecule has 3 rings (SSSR count). The van der Waals surface area contributed by atoms with Gasteiger partial charge in [0.25, 0.3) is 0 Å². The van der Waals surface area contributed by atoms with Crippen LogP contribution in [-0.2, 0) is 27.1 Å². The molecule has 8 heteroatoms. The number of carbonyl (C=O) groups excluding carboxylic acids is 2. The van der Waals surface area contributed by atoms with Crippen molar-refractivity contribution in [3.8, 4) is 11.1 Å². The molecule has 0 fully saturated rings. The minimum Gasteiger partial charge on any atom is -0.464 e. The van der Waals surface area contributed by atoms with Crippen molar-refractivity contribution in [2.24, 2.45) is 0 Å². The van der Waals surface area contributed by atoms with Crippen LogP contribution in [0.1, 0.15) is 25.0 Å². The number of alkyl halides is 3. The minimum atomic E-state index is -4.62. The summed E-state index contributed by atoms with van der Waals surface area (Å²) in [6.45, 7) is 3.06. The topological polar surface area (TPSA) is 55.8 Å². The lowest BCUT2D eigenvalue weighted by atomic mass is 9.97. The second kappa shape index (κ2) is 10.9. The highest BCUT2D eigenvalue weighted by atomic mass is 19.4. The molecule has 1 amide bonds. The van der Waals surface area contributed by atoms with Gasteiger partial charge in [-0.15, -0.1) is 0 Å². The van der Waals surface area contributed by atoms with E-state index in [4.69, 9.17) is 9.47 Å². The Bertz CT molecular complexity index is 1130. The van der Waals surface area contributed by atoms with Gasteiger partial charge in [0.15, 0.2) is 0 Å². The van der Waals surface area contributed by atoms with Crippen molar-refractivity contribution < 1.29 is 32.2 Å². The van der Waals surface area contributed by atoms with Crippen LogP contribution in [0.2, 0.25) is 0 Å². The molecule has 3 aromatic carbocycles. The fraction of sp³-hybridized carbons (Fsp3) is 0.231. The molecule has 0 aliphatic rings. The number of halogens is 3. The van der Waals surface area contributed by atoms with Gasteiger partial charge in [0, 0.05) is 5.56 Å². The summed E-state index contributed by atoms with van der Waals surface area (Å²) in [7, 11) is 0. The van der Waals surface area contributed by atoms with Crippen molar-refractivity contribution >= 4 is 17.7 Å². The number of amides is 1. The highest BCUT2D eigenvalue weighted by Gasteiger charge is 2.36. The van der Waals surface area contributed by atoms with Crippen LogP contribution in [0.25, 0.3) is 11.1 Å². The average Bonchev–Trinajstić information content (AvgIpc) is 2.83. The molecule has 0 aliphatic heterocycles. The molecule has 0 spiro atoms. The van der Waals surface area contributed by atoms with Crippen LogP contribution < -0.4 is 4.90 Å². The lowest BCUT2D eigenvalue weighted by molar-refractivity contribution is -0.144. The number of hydrogen-bond donors (Lipinski definition) is 0. The molecule has 5 nitrogen and oxygen atoms in total. The summed E-state index contributed by atoms with van der Waals surface area (Å²) in [5.41, 5.74) is -0.0392. The Balaban J connectivity index is 2.07. The van der Waals surface area contributed by atoms with Gasteiger partial charge in [0.05, 0.1) is 17.9 Å². The van der Waals surface area contributed by atoms with Gasteiger partial charge in [-0.3, -0.25) is 4.90 Å². The number of ether oxygens (including phenoxy) is 2. The molecule has 0 unspecified atom stereocenters. The molecular weight excluding hydrogens is 447 g/mol. The van der Waals surface area contributed by atoms with Crippen LogP contribution in [0.15, 0.2) is 78.9 Å². The van der Waals surface area contributed by atoms with E-state index in [1.807, 2.05) is 6.07 Å². The van der Waals surface area contributed by atoms with Crippen LogP contribution >= 0.6 is 0 Å². The number of anilines is 1. The first-order valence-electron chi connectivity index (χ1n) is 10.7. The van der Waals surface area contributed by atoms with E-state index in [2.05, 4.69) is 0 Å². The van der Waals surface area contributed by atoms with Crippen molar-refractivity contribution in [2.45, 2.75) is 32.7 Å². The summed E-state index contributed by atoms with van der Waals surface area (Å²) < 4.78 is 51.7. The molecule has 0 saturated carbocycles. The van der Waals surface area contributed by atoms with Crippen molar-refractivity contribution in [3.63, 3.8) is 0 Å². The standard InChI is InChI=1S/C26H24F3NO4/c1-3-33-24(31)18(2)30(25(32)34-17-19-11-5-4-6-12-19)23-16-10-8-14-21(23)20-13-7-9-15-22(20)26(27,28)29/h4-16,18H,3,17H2,1-2H3/t18-/m0/s1. The number of para-hydroxylation sites is 1. The number of nitrogens with zero attached hydrogens (tertiary/aromatic N) is 1. The van der Waals surface area contributed by atoms with Crippen molar-refractivity contribution in [3.05, 3.63) is 90.0 Å². The van der Waals surface area contributed by atoms with Gasteiger partial charge in [-0.25, -0.2) is 9.59 Å². The minimum absolute atomic E-state index is 0.0764. The van der Waals surface area contributed by atoms with Crippen LogP contribution in [0.5, 0.6) is 0 Å².